The summed E-state index contributed by atoms with van der Waals surface area (Å²) < 4.78 is 5.18. The summed E-state index contributed by atoms with van der Waals surface area (Å²) in [6.45, 7) is 0.743. The van der Waals surface area contributed by atoms with Crippen molar-refractivity contribution in [2.75, 3.05) is 26.8 Å². The van der Waals surface area contributed by atoms with Crippen LogP contribution < -0.4 is 5.73 Å². The zero-order chi connectivity index (χ0) is 15.6. The number of likely N-dealkylation sites (N-methyl/N-ethyl adjacent to an activating group) is 1. The molecule has 2 aliphatic heterocycles. The Bertz CT molecular complexity index is 442. The molecule has 2 saturated heterocycles. The quantitative estimate of drug-likeness (QED) is 0.728. The van der Waals surface area contributed by atoms with E-state index in [-0.39, 0.29) is 19.2 Å². The number of piperidine rings is 1. The molecule has 0 radical (unpaired) electrons. The number of rotatable bonds is 3. The average molecular weight is 299 g/mol. The Kier molecular flexibility index (Phi) is 4.66. The standard InChI is InChI=1S/C13H21N3O5/c1-15(10-7-21-6-8(10)12(18)19)13(20)16-5-3-2-4-9(16)11(14)17/h8-10H,2-7H2,1H3,(H2,14,17)(H,18,19). The highest BCUT2D eigenvalue weighted by molar-refractivity contribution is 5.86. The van der Waals surface area contributed by atoms with Crippen LogP contribution in [0, 0.1) is 5.92 Å². The number of carbonyl (C=O) groups is 3. The lowest BCUT2D eigenvalue weighted by Gasteiger charge is -2.38. The Labute approximate surface area is 122 Å². The maximum absolute atomic E-state index is 12.6. The minimum Gasteiger partial charge on any atom is -0.481 e. The van der Waals surface area contributed by atoms with Crippen molar-refractivity contribution in [3.63, 3.8) is 0 Å². The molecular formula is C13H21N3O5. The first kappa shape index (κ1) is 15.6. The smallest absolute Gasteiger partial charge is 0.320 e. The number of urea groups is 1. The van der Waals surface area contributed by atoms with Gasteiger partial charge < -0.3 is 25.4 Å². The molecule has 3 unspecified atom stereocenters. The van der Waals surface area contributed by atoms with Crippen molar-refractivity contribution >= 4 is 17.9 Å². The first-order valence-corrected chi connectivity index (χ1v) is 7.06. The lowest BCUT2D eigenvalue weighted by atomic mass is 10.0. The summed E-state index contributed by atoms with van der Waals surface area (Å²) in [5, 5.41) is 9.16. The molecule has 0 saturated carbocycles. The number of aliphatic carboxylic acids is 1. The highest BCUT2D eigenvalue weighted by Gasteiger charge is 2.41. The predicted octanol–water partition coefficient (Wildman–Crippen LogP) is -0.522. The minimum atomic E-state index is -0.984. The van der Waals surface area contributed by atoms with Gasteiger partial charge in [0.05, 0.1) is 19.3 Å². The molecule has 3 amide bonds. The van der Waals surface area contributed by atoms with Crippen molar-refractivity contribution in [3.8, 4) is 0 Å². The van der Waals surface area contributed by atoms with E-state index in [1.54, 1.807) is 7.05 Å². The summed E-state index contributed by atoms with van der Waals surface area (Å²) in [5.74, 6) is -2.24. The average Bonchev–Trinajstić information content (AvgIpc) is 2.95. The molecule has 118 valence electrons. The lowest BCUT2D eigenvalue weighted by molar-refractivity contribution is -0.142. The number of carboxylic acid groups (broad SMARTS) is 1. The van der Waals surface area contributed by atoms with Crippen LogP contribution in [0.15, 0.2) is 0 Å². The summed E-state index contributed by atoms with van der Waals surface area (Å²) >= 11 is 0. The number of hydrogen-bond donors (Lipinski definition) is 2. The molecule has 0 aromatic carbocycles. The second kappa shape index (κ2) is 6.30. The van der Waals surface area contributed by atoms with Crippen LogP contribution in [0.1, 0.15) is 19.3 Å². The van der Waals surface area contributed by atoms with E-state index in [4.69, 9.17) is 15.6 Å². The number of nitrogens with zero attached hydrogens (tertiary/aromatic N) is 2. The van der Waals surface area contributed by atoms with Crippen molar-refractivity contribution in [2.24, 2.45) is 11.7 Å². The molecular weight excluding hydrogens is 278 g/mol. The monoisotopic (exact) mass is 299 g/mol. The van der Waals surface area contributed by atoms with E-state index >= 15 is 0 Å². The maximum Gasteiger partial charge on any atom is 0.320 e. The number of nitrogens with two attached hydrogens (primary N) is 1. The highest BCUT2D eigenvalue weighted by Crippen LogP contribution is 2.23. The van der Waals surface area contributed by atoms with Crippen molar-refractivity contribution in [1.82, 2.24) is 9.80 Å². The Morgan fingerprint density at radius 1 is 1.29 bits per heavy atom. The summed E-state index contributed by atoms with van der Waals surface area (Å²) in [7, 11) is 1.55. The molecule has 2 aliphatic rings. The van der Waals surface area contributed by atoms with Crippen LogP contribution in [0.2, 0.25) is 0 Å². The van der Waals surface area contributed by atoms with Gasteiger partial charge in [0.2, 0.25) is 5.91 Å². The summed E-state index contributed by atoms with van der Waals surface area (Å²) in [5.41, 5.74) is 5.35. The minimum absolute atomic E-state index is 0.0941. The molecule has 0 aliphatic carbocycles. The maximum atomic E-state index is 12.6. The summed E-state index contributed by atoms with van der Waals surface area (Å²) in [6, 6.07) is -1.50. The molecule has 2 rings (SSSR count). The van der Waals surface area contributed by atoms with Gasteiger partial charge in [-0.3, -0.25) is 9.59 Å². The molecule has 2 fully saturated rings. The third-order valence-electron chi connectivity index (χ3n) is 4.24. The lowest BCUT2D eigenvalue weighted by Crippen LogP contribution is -2.57. The third-order valence-corrected chi connectivity index (χ3v) is 4.24. The van der Waals surface area contributed by atoms with Crippen LogP contribution in [0.3, 0.4) is 0 Å². The topological polar surface area (TPSA) is 113 Å². The molecule has 3 N–H and O–H groups in total. The molecule has 8 nitrogen and oxygen atoms in total. The van der Waals surface area contributed by atoms with Crippen molar-refractivity contribution in [3.05, 3.63) is 0 Å². The fourth-order valence-electron chi connectivity index (χ4n) is 2.96. The van der Waals surface area contributed by atoms with Gasteiger partial charge in [-0.2, -0.15) is 0 Å². The largest absolute Gasteiger partial charge is 0.481 e. The van der Waals surface area contributed by atoms with Gasteiger partial charge in [-0.1, -0.05) is 0 Å². The number of primary amides is 1. The van der Waals surface area contributed by atoms with Gasteiger partial charge in [0.25, 0.3) is 0 Å². The van der Waals surface area contributed by atoms with Crippen LogP contribution in [-0.4, -0.2) is 71.7 Å². The normalized spacial score (nSPS) is 29.2. The molecule has 0 spiro atoms. The second-order valence-electron chi connectivity index (χ2n) is 5.55. The molecule has 8 heteroatoms. The number of carboxylic acids is 1. The van der Waals surface area contributed by atoms with Crippen LogP contribution in [-0.2, 0) is 14.3 Å². The van der Waals surface area contributed by atoms with E-state index in [1.165, 1.54) is 9.80 Å². The number of ether oxygens (including phenoxy) is 1. The van der Waals surface area contributed by atoms with Crippen molar-refractivity contribution in [2.45, 2.75) is 31.3 Å². The van der Waals surface area contributed by atoms with E-state index in [0.29, 0.717) is 13.0 Å². The molecule has 2 heterocycles. The first-order valence-electron chi connectivity index (χ1n) is 7.06. The zero-order valence-corrected chi connectivity index (χ0v) is 12.0. The van der Waals surface area contributed by atoms with E-state index in [2.05, 4.69) is 0 Å². The van der Waals surface area contributed by atoms with Crippen molar-refractivity contribution < 1.29 is 24.2 Å². The predicted molar refractivity (Wildman–Crippen MR) is 72.4 cm³/mol. The van der Waals surface area contributed by atoms with Crippen LogP contribution in [0.25, 0.3) is 0 Å². The summed E-state index contributed by atoms with van der Waals surface area (Å²) in [4.78, 5) is 38.0. The van der Waals surface area contributed by atoms with Gasteiger partial charge in [0.1, 0.15) is 12.0 Å². The molecule has 21 heavy (non-hydrogen) atoms. The molecule has 0 bridgehead atoms. The van der Waals surface area contributed by atoms with Gasteiger partial charge >= 0.3 is 12.0 Å². The zero-order valence-electron chi connectivity index (χ0n) is 12.0. The fourth-order valence-corrected chi connectivity index (χ4v) is 2.96. The Balaban J connectivity index is 2.10. The number of carbonyl (C=O) groups excluding carboxylic acids is 2. The summed E-state index contributed by atoms with van der Waals surface area (Å²) in [6.07, 6.45) is 2.22. The number of amides is 3. The Hall–Kier alpha value is -1.83. The van der Waals surface area contributed by atoms with Crippen molar-refractivity contribution in [1.29, 1.82) is 0 Å². The highest BCUT2D eigenvalue weighted by atomic mass is 16.5. The molecule has 3 atom stereocenters. The number of likely N-dealkylation sites (tertiary alicyclic amines) is 1. The van der Waals surface area contributed by atoms with Crippen LogP contribution in [0.5, 0.6) is 0 Å². The second-order valence-corrected chi connectivity index (χ2v) is 5.55. The molecule has 0 aromatic heterocycles. The Morgan fingerprint density at radius 3 is 2.62 bits per heavy atom. The van der Waals surface area contributed by atoms with Gasteiger partial charge in [-0.25, -0.2) is 4.79 Å². The van der Waals surface area contributed by atoms with E-state index in [9.17, 15) is 14.4 Å². The van der Waals surface area contributed by atoms with Crippen LogP contribution in [0.4, 0.5) is 4.79 Å². The van der Waals surface area contributed by atoms with Gasteiger partial charge in [0, 0.05) is 13.6 Å². The van der Waals surface area contributed by atoms with E-state index < -0.39 is 29.9 Å². The van der Waals surface area contributed by atoms with E-state index in [1.807, 2.05) is 0 Å². The van der Waals surface area contributed by atoms with E-state index in [0.717, 1.165) is 12.8 Å². The molecule has 0 aromatic rings. The first-order chi connectivity index (χ1) is 9.93. The van der Waals surface area contributed by atoms with Gasteiger partial charge in [-0.15, -0.1) is 0 Å². The van der Waals surface area contributed by atoms with Crippen LogP contribution >= 0.6 is 0 Å². The fraction of sp³-hybridized carbons (Fsp3) is 0.769. The van der Waals surface area contributed by atoms with Gasteiger partial charge in [0.15, 0.2) is 0 Å². The number of hydrogen-bond acceptors (Lipinski definition) is 4. The third kappa shape index (κ3) is 3.10. The SMILES string of the molecule is CN(C(=O)N1CCCCC1C(N)=O)C1COCC1C(=O)O. The Morgan fingerprint density at radius 2 is 2.00 bits per heavy atom. The van der Waals surface area contributed by atoms with Gasteiger partial charge in [-0.05, 0) is 19.3 Å².